The first-order valence-electron chi connectivity index (χ1n) is 4.65. The van der Waals surface area contributed by atoms with Gasteiger partial charge in [0.05, 0.1) is 12.7 Å². The molecule has 92 valence electrons. The third-order valence-electron chi connectivity index (χ3n) is 1.95. The fourth-order valence-electron chi connectivity index (χ4n) is 1.16. The molecule has 0 N–H and O–H groups in total. The fourth-order valence-corrected chi connectivity index (χ4v) is 1.16. The number of esters is 1. The second kappa shape index (κ2) is 5.38. The summed E-state index contributed by atoms with van der Waals surface area (Å²) in [5, 5.41) is 0. The largest absolute Gasteiger partial charge is 0.496 e. The number of ketones is 1. The molecule has 0 aliphatic carbocycles. The highest BCUT2D eigenvalue weighted by Crippen LogP contribution is 2.22. The van der Waals surface area contributed by atoms with Gasteiger partial charge in [-0.25, -0.2) is 8.78 Å². The maximum atomic E-state index is 13.0. The van der Waals surface area contributed by atoms with Crippen LogP contribution in [0.1, 0.15) is 17.3 Å². The lowest BCUT2D eigenvalue weighted by atomic mass is 10.1. The molecule has 0 aliphatic rings. The third kappa shape index (κ3) is 3.24. The van der Waals surface area contributed by atoms with Crippen LogP contribution in [0.3, 0.4) is 0 Å². The molecule has 17 heavy (non-hydrogen) atoms. The first kappa shape index (κ1) is 13.1. The van der Waals surface area contributed by atoms with Gasteiger partial charge >= 0.3 is 5.97 Å². The molecule has 1 rings (SSSR count). The van der Waals surface area contributed by atoms with Crippen molar-refractivity contribution >= 4 is 11.8 Å². The van der Waals surface area contributed by atoms with E-state index in [0.29, 0.717) is 6.07 Å². The van der Waals surface area contributed by atoms with Crippen molar-refractivity contribution in [3.63, 3.8) is 0 Å². The molecule has 1 aromatic rings. The predicted octanol–water partition coefficient (Wildman–Crippen LogP) is 1.72. The van der Waals surface area contributed by atoms with E-state index in [0.717, 1.165) is 13.0 Å². The van der Waals surface area contributed by atoms with E-state index in [4.69, 9.17) is 4.74 Å². The monoisotopic (exact) mass is 244 g/mol. The van der Waals surface area contributed by atoms with E-state index in [-0.39, 0.29) is 11.3 Å². The second-order valence-corrected chi connectivity index (χ2v) is 3.17. The number of hydrogen-bond donors (Lipinski definition) is 0. The van der Waals surface area contributed by atoms with Crippen LogP contribution in [0.4, 0.5) is 8.78 Å². The van der Waals surface area contributed by atoms with Crippen LogP contribution in [-0.2, 0) is 9.53 Å². The topological polar surface area (TPSA) is 52.6 Å². The number of ether oxygens (including phenoxy) is 2. The standard InChI is InChI=1S/C11H10F2O4/c1-6(14)17-5-10(15)7-3-8(12)9(13)4-11(7)16-2/h3-4H,5H2,1-2H3. The number of methoxy groups -OCH3 is 1. The fraction of sp³-hybridized carbons (Fsp3) is 0.273. The van der Waals surface area contributed by atoms with Gasteiger partial charge in [0.25, 0.3) is 0 Å². The van der Waals surface area contributed by atoms with Crippen molar-refractivity contribution in [2.24, 2.45) is 0 Å². The molecule has 0 aliphatic heterocycles. The van der Waals surface area contributed by atoms with Crippen LogP contribution in [0.15, 0.2) is 12.1 Å². The molecule has 0 atom stereocenters. The molecule has 0 heterocycles. The van der Waals surface area contributed by atoms with Crippen molar-refractivity contribution in [2.75, 3.05) is 13.7 Å². The van der Waals surface area contributed by atoms with E-state index in [1.165, 1.54) is 7.11 Å². The van der Waals surface area contributed by atoms with Crippen molar-refractivity contribution in [1.82, 2.24) is 0 Å². The number of halogens is 2. The van der Waals surface area contributed by atoms with Gasteiger partial charge in [0.15, 0.2) is 18.2 Å². The molecule has 6 heteroatoms. The smallest absolute Gasteiger partial charge is 0.303 e. The maximum Gasteiger partial charge on any atom is 0.303 e. The molecule has 0 aromatic heterocycles. The minimum Gasteiger partial charge on any atom is -0.496 e. The van der Waals surface area contributed by atoms with Crippen molar-refractivity contribution in [2.45, 2.75) is 6.92 Å². The van der Waals surface area contributed by atoms with Gasteiger partial charge in [-0.2, -0.15) is 0 Å². The summed E-state index contributed by atoms with van der Waals surface area (Å²) in [5.74, 6) is -3.71. The Morgan fingerprint density at radius 1 is 1.24 bits per heavy atom. The normalized spacial score (nSPS) is 9.88. The Labute approximate surface area is 96.1 Å². The maximum absolute atomic E-state index is 13.0. The Kier molecular flexibility index (Phi) is 4.14. The molecule has 0 bridgehead atoms. The van der Waals surface area contributed by atoms with Crippen molar-refractivity contribution in [3.05, 3.63) is 29.3 Å². The minimum atomic E-state index is -1.17. The Morgan fingerprint density at radius 3 is 2.35 bits per heavy atom. The van der Waals surface area contributed by atoms with Crippen LogP contribution >= 0.6 is 0 Å². The molecular weight excluding hydrogens is 234 g/mol. The zero-order valence-electron chi connectivity index (χ0n) is 9.25. The first-order chi connectivity index (χ1) is 7.95. The Bertz CT molecular complexity index is 457. The van der Waals surface area contributed by atoms with E-state index in [9.17, 15) is 18.4 Å². The lowest BCUT2D eigenvalue weighted by Crippen LogP contribution is -2.13. The molecule has 1 aromatic carbocycles. The number of hydrogen-bond acceptors (Lipinski definition) is 4. The average molecular weight is 244 g/mol. The summed E-state index contributed by atoms with van der Waals surface area (Å²) >= 11 is 0. The van der Waals surface area contributed by atoms with E-state index >= 15 is 0 Å². The molecule has 0 saturated heterocycles. The van der Waals surface area contributed by atoms with Crippen LogP contribution in [-0.4, -0.2) is 25.5 Å². The van der Waals surface area contributed by atoms with Gasteiger partial charge in [0, 0.05) is 13.0 Å². The number of carbonyl (C=O) groups excluding carboxylic acids is 2. The summed E-state index contributed by atoms with van der Waals surface area (Å²) in [7, 11) is 1.22. The zero-order chi connectivity index (χ0) is 13.0. The summed E-state index contributed by atoms with van der Waals surface area (Å²) in [6.45, 7) is 0.590. The molecular formula is C11H10F2O4. The van der Waals surface area contributed by atoms with E-state index < -0.39 is 30.0 Å². The van der Waals surface area contributed by atoms with Gasteiger partial charge in [0.1, 0.15) is 5.75 Å². The van der Waals surface area contributed by atoms with Gasteiger partial charge < -0.3 is 9.47 Å². The molecule has 0 fully saturated rings. The Balaban J connectivity index is 2.99. The summed E-state index contributed by atoms with van der Waals surface area (Å²) in [6.07, 6.45) is 0. The molecule has 0 unspecified atom stereocenters. The molecule has 0 amide bonds. The lowest BCUT2D eigenvalue weighted by Gasteiger charge is -2.08. The second-order valence-electron chi connectivity index (χ2n) is 3.17. The van der Waals surface area contributed by atoms with Crippen molar-refractivity contribution < 1.29 is 27.8 Å². The van der Waals surface area contributed by atoms with E-state index in [2.05, 4.69) is 4.74 Å². The lowest BCUT2D eigenvalue weighted by molar-refractivity contribution is -0.139. The zero-order valence-corrected chi connectivity index (χ0v) is 9.25. The summed E-state index contributed by atoms with van der Waals surface area (Å²) in [5.41, 5.74) is -0.173. The third-order valence-corrected chi connectivity index (χ3v) is 1.95. The van der Waals surface area contributed by atoms with E-state index in [1.54, 1.807) is 0 Å². The number of Topliss-reactive ketones (excluding diaryl/α,β-unsaturated/α-hetero) is 1. The summed E-state index contributed by atoms with van der Waals surface area (Å²) in [6, 6.07) is 1.47. The Morgan fingerprint density at radius 2 is 1.82 bits per heavy atom. The van der Waals surface area contributed by atoms with Crippen LogP contribution in [0.5, 0.6) is 5.75 Å². The van der Waals surface area contributed by atoms with Gasteiger partial charge in [-0.3, -0.25) is 9.59 Å². The first-order valence-corrected chi connectivity index (χ1v) is 4.65. The van der Waals surface area contributed by atoms with Gasteiger partial charge in [0.2, 0.25) is 5.78 Å². The van der Waals surface area contributed by atoms with Crippen LogP contribution in [0.25, 0.3) is 0 Å². The SMILES string of the molecule is COc1cc(F)c(F)cc1C(=O)COC(C)=O. The van der Waals surface area contributed by atoms with Crippen LogP contribution in [0, 0.1) is 11.6 Å². The van der Waals surface area contributed by atoms with Crippen molar-refractivity contribution in [1.29, 1.82) is 0 Å². The molecule has 0 saturated carbocycles. The van der Waals surface area contributed by atoms with Gasteiger partial charge in [-0.15, -0.1) is 0 Å². The number of carbonyl (C=O) groups is 2. The summed E-state index contributed by atoms with van der Waals surface area (Å²) in [4.78, 5) is 22.1. The summed E-state index contributed by atoms with van der Waals surface area (Å²) < 4.78 is 35.0. The molecule has 0 radical (unpaired) electrons. The van der Waals surface area contributed by atoms with Gasteiger partial charge in [-0.05, 0) is 6.07 Å². The number of benzene rings is 1. The molecule has 4 nitrogen and oxygen atoms in total. The molecule has 0 spiro atoms. The van der Waals surface area contributed by atoms with Crippen LogP contribution < -0.4 is 4.74 Å². The van der Waals surface area contributed by atoms with E-state index in [1.807, 2.05) is 0 Å². The Hall–Kier alpha value is -1.98. The highest BCUT2D eigenvalue weighted by Gasteiger charge is 2.17. The highest BCUT2D eigenvalue weighted by atomic mass is 19.2. The van der Waals surface area contributed by atoms with Crippen molar-refractivity contribution in [3.8, 4) is 5.75 Å². The number of rotatable bonds is 4. The minimum absolute atomic E-state index is 0.110. The van der Waals surface area contributed by atoms with Gasteiger partial charge in [-0.1, -0.05) is 0 Å². The predicted molar refractivity (Wildman–Crippen MR) is 53.9 cm³/mol. The average Bonchev–Trinajstić information content (AvgIpc) is 2.28. The quantitative estimate of drug-likeness (QED) is 0.597. The highest BCUT2D eigenvalue weighted by molar-refractivity contribution is 6.00. The van der Waals surface area contributed by atoms with Crippen LogP contribution in [0.2, 0.25) is 0 Å².